The Morgan fingerprint density at radius 3 is 2.76 bits per heavy atom. The van der Waals surface area contributed by atoms with Crippen molar-refractivity contribution in [2.75, 3.05) is 6.79 Å². The molecule has 0 spiro atoms. The monoisotopic (exact) mass is 280 g/mol. The number of hydrogen-bond donors (Lipinski definition) is 0. The highest BCUT2D eigenvalue weighted by Gasteiger charge is 2.23. The van der Waals surface area contributed by atoms with Gasteiger partial charge >= 0.3 is 0 Å². The van der Waals surface area contributed by atoms with Crippen molar-refractivity contribution >= 4 is 19.7 Å². The Labute approximate surface area is 103 Å². The van der Waals surface area contributed by atoms with Gasteiger partial charge in [-0.05, 0) is 24.6 Å². The Kier molecular flexibility index (Phi) is 3.18. The molecule has 0 fully saturated rings. The number of rotatable bonds is 3. The lowest BCUT2D eigenvalue weighted by molar-refractivity contribution is 0.173. The molecular weight excluding hydrogens is 271 g/mol. The summed E-state index contributed by atoms with van der Waals surface area (Å²) in [4.78, 5) is 0. The predicted molar refractivity (Wildman–Crippen MR) is 60.6 cm³/mol. The lowest BCUT2D eigenvalue weighted by Gasteiger charge is -2.08. The van der Waals surface area contributed by atoms with E-state index in [4.69, 9.17) is 20.2 Å². The van der Waals surface area contributed by atoms with E-state index in [1.165, 1.54) is 19.1 Å². The fourth-order valence-electron chi connectivity index (χ4n) is 1.63. The molecule has 0 radical (unpaired) electrons. The average Bonchev–Trinajstić information content (AvgIpc) is 2.62. The van der Waals surface area contributed by atoms with E-state index in [2.05, 4.69) is 0 Å². The topological polar surface area (TPSA) is 52.6 Å². The molecule has 4 nitrogen and oxygen atoms in total. The summed E-state index contributed by atoms with van der Waals surface area (Å²) in [5, 5.41) is 0. The van der Waals surface area contributed by atoms with Crippen molar-refractivity contribution in [3.8, 4) is 11.5 Å². The van der Waals surface area contributed by atoms with Gasteiger partial charge in [0.05, 0.1) is 5.75 Å². The molecule has 17 heavy (non-hydrogen) atoms. The van der Waals surface area contributed by atoms with Gasteiger partial charge in [-0.3, -0.25) is 0 Å². The van der Waals surface area contributed by atoms with Crippen LogP contribution in [-0.4, -0.2) is 15.2 Å². The molecule has 0 saturated carbocycles. The van der Waals surface area contributed by atoms with Gasteiger partial charge in [-0.2, -0.15) is 0 Å². The molecule has 1 atom stereocenters. The number of halogens is 2. The van der Waals surface area contributed by atoms with Crippen LogP contribution in [0.1, 0.15) is 24.2 Å². The van der Waals surface area contributed by atoms with E-state index < -0.39 is 21.0 Å². The number of hydrogen-bond acceptors (Lipinski definition) is 4. The summed E-state index contributed by atoms with van der Waals surface area (Å²) in [6.07, 6.45) is -1.22. The molecule has 0 bridgehead atoms. The van der Waals surface area contributed by atoms with Crippen LogP contribution < -0.4 is 9.47 Å². The van der Waals surface area contributed by atoms with Crippen molar-refractivity contribution in [1.82, 2.24) is 0 Å². The first-order valence-electron chi connectivity index (χ1n) is 4.85. The Morgan fingerprint density at radius 1 is 1.47 bits per heavy atom. The minimum absolute atomic E-state index is 0.00517. The second-order valence-corrected chi connectivity index (χ2v) is 6.49. The third-order valence-corrected chi connectivity index (χ3v) is 3.34. The minimum atomic E-state index is -3.73. The maximum absolute atomic E-state index is 13.2. The summed E-state index contributed by atoms with van der Waals surface area (Å²) in [7, 11) is 1.46. The molecule has 1 heterocycles. The largest absolute Gasteiger partial charge is 0.454 e. The Balaban J connectivity index is 2.49. The van der Waals surface area contributed by atoms with Crippen LogP contribution >= 0.6 is 10.7 Å². The van der Waals surface area contributed by atoms with Gasteiger partial charge in [0.25, 0.3) is 0 Å². The van der Waals surface area contributed by atoms with Gasteiger partial charge in [0.2, 0.25) is 15.8 Å². The van der Waals surface area contributed by atoms with Crippen molar-refractivity contribution in [1.29, 1.82) is 0 Å². The SMILES string of the molecule is CC(F)c1cc(CS(=O)(=O)Cl)c2c(c1)OCO2. The zero-order chi connectivity index (χ0) is 12.6. The highest BCUT2D eigenvalue weighted by atomic mass is 35.7. The van der Waals surface area contributed by atoms with Crippen LogP contribution in [0, 0.1) is 0 Å². The highest BCUT2D eigenvalue weighted by molar-refractivity contribution is 8.13. The van der Waals surface area contributed by atoms with Crippen molar-refractivity contribution in [2.45, 2.75) is 18.8 Å². The molecule has 0 aliphatic carbocycles. The number of fused-ring (bicyclic) bond motifs is 1. The van der Waals surface area contributed by atoms with Gasteiger partial charge in [0.15, 0.2) is 11.5 Å². The van der Waals surface area contributed by atoms with Crippen LogP contribution in [0.4, 0.5) is 4.39 Å². The molecule has 1 aliphatic rings. The quantitative estimate of drug-likeness (QED) is 0.799. The standard InChI is InChI=1S/C10H10ClFO4S/c1-6(12)7-2-8(4-17(11,13)14)10-9(3-7)15-5-16-10/h2-3,6H,4-5H2,1H3. The number of benzene rings is 1. The third kappa shape index (κ3) is 2.81. The van der Waals surface area contributed by atoms with Crippen molar-refractivity contribution < 1.29 is 22.3 Å². The fourth-order valence-corrected chi connectivity index (χ4v) is 2.57. The molecule has 0 amide bonds. The van der Waals surface area contributed by atoms with Gasteiger partial charge in [-0.15, -0.1) is 0 Å². The molecule has 7 heteroatoms. The predicted octanol–water partition coefficient (Wildman–Crippen LogP) is 2.51. The van der Waals surface area contributed by atoms with E-state index in [0.717, 1.165) is 0 Å². The van der Waals surface area contributed by atoms with Gasteiger partial charge in [0, 0.05) is 16.2 Å². The summed E-state index contributed by atoms with van der Waals surface area (Å²) in [6, 6.07) is 2.93. The second kappa shape index (κ2) is 4.34. The molecule has 2 rings (SSSR count). The van der Waals surface area contributed by atoms with Gasteiger partial charge < -0.3 is 9.47 Å². The Morgan fingerprint density at radius 2 is 2.18 bits per heavy atom. The van der Waals surface area contributed by atoms with E-state index in [-0.39, 0.29) is 6.79 Å². The highest BCUT2D eigenvalue weighted by Crippen LogP contribution is 2.39. The third-order valence-electron chi connectivity index (χ3n) is 2.36. The molecule has 0 saturated heterocycles. The fraction of sp³-hybridized carbons (Fsp3) is 0.400. The van der Waals surface area contributed by atoms with Crippen LogP contribution in [-0.2, 0) is 14.8 Å². The van der Waals surface area contributed by atoms with Crippen LogP contribution in [0.5, 0.6) is 11.5 Å². The lowest BCUT2D eigenvalue weighted by atomic mass is 10.1. The van der Waals surface area contributed by atoms with Gasteiger partial charge in [-0.1, -0.05) is 0 Å². The van der Waals surface area contributed by atoms with Crippen molar-refractivity contribution in [3.63, 3.8) is 0 Å². The Hall–Kier alpha value is -1.01. The molecule has 94 valence electrons. The van der Waals surface area contributed by atoms with Crippen LogP contribution in [0.2, 0.25) is 0 Å². The molecule has 0 aromatic heterocycles. The number of ether oxygens (including phenoxy) is 2. The molecular formula is C10H10ClFO4S. The van der Waals surface area contributed by atoms with E-state index in [0.29, 0.717) is 22.6 Å². The average molecular weight is 281 g/mol. The maximum Gasteiger partial charge on any atom is 0.236 e. The number of alkyl halides is 1. The van der Waals surface area contributed by atoms with E-state index >= 15 is 0 Å². The van der Waals surface area contributed by atoms with Crippen molar-refractivity contribution in [2.24, 2.45) is 0 Å². The molecule has 1 unspecified atom stereocenters. The zero-order valence-electron chi connectivity index (χ0n) is 8.94. The first-order valence-corrected chi connectivity index (χ1v) is 7.33. The first kappa shape index (κ1) is 12.4. The van der Waals surface area contributed by atoms with Crippen LogP contribution in [0.3, 0.4) is 0 Å². The van der Waals surface area contributed by atoms with Crippen LogP contribution in [0.25, 0.3) is 0 Å². The smallest absolute Gasteiger partial charge is 0.236 e. The minimum Gasteiger partial charge on any atom is -0.454 e. The maximum atomic E-state index is 13.2. The zero-order valence-corrected chi connectivity index (χ0v) is 10.5. The van der Waals surface area contributed by atoms with Crippen molar-refractivity contribution in [3.05, 3.63) is 23.3 Å². The lowest BCUT2D eigenvalue weighted by Crippen LogP contribution is -1.99. The van der Waals surface area contributed by atoms with Gasteiger partial charge in [-0.25, -0.2) is 12.8 Å². The molecule has 0 N–H and O–H groups in total. The van der Waals surface area contributed by atoms with Crippen LogP contribution in [0.15, 0.2) is 12.1 Å². The molecule has 1 aromatic carbocycles. The summed E-state index contributed by atoms with van der Waals surface area (Å²) in [6.45, 7) is 1.35. The van der Waals surface area contributed by atoms with E-state index in [1.54, 1.807) is 0 Å². The summed E-state index contributed by atoms with van der Waals surface area (Å²) in [5.74, 6) is 0.252. The summed E-state index contributed by atoms with van der Waals surface area (Å²) in [5.41, 5.74) is 0.652. The first-order chi connectivity index (χ1) is 7.87. The second-order valence-electron chi connectivity index (χ2n) is 3.71. The summed E-state index contributed by atoms with van der Waals surface area (Å²) >= 11 is 0. The molecule has 1 aliphatic heterocycles. The van der Waals surface area contributed by atoms with E-state index in [9.17, 15) is 12.8 Å². The molecule has 1 aromatic rings. The Bertz CT molecular complexity index is 541. The van der Waals surface area contributed by atoms with E-state index in [1.807, 2.05) is 0 Å². The van der Waals surface area contributed by atoms with Gasteiger partial charge in [0.1, 0.15) is 6.17 Å². The summed E-state index contributed by atoms with van der Waals surface area (Å²) < 4.78 is 45.6. The normalized spacial score (nSPS) is 15.9.